The lowest BCUT2D eigenvalue weighted by molar-refractivity contribution is 0.0525. The number of aromatic amines is 1. The number of H-pyrrole nitrogens is 1. The van der Waals surface area contributed by atoms with Crippen LogP contribution in [-0.4, -0.2) is 42.7 Å². The average molecular weight is 415 g/mol. The summed E-state index contributed by atoms with van der Waals surface area (Å²) in [5.41, 5.74) is 7.57. The molecule has 5 aromatic rings. The van der Waals surface area contributed by atoms with Crippen LogP contribution in [0.25, 0.3) is 44.1 Å². The zero-order valence-corrected chi connectivity index (χ0v) is 18.1. The number of nitrogens with one attached hydrogen (secondary N) is 1. The monoisotopic (exact) mass is 414 g/mol. The van der Waals surface area contributed by atoms with Gasteiger partial charge in [0.05, 0.1) is 27.9 Å². The van der Waals surface area contributed by atoms with Crippen molar-refractivity contribution < 1.29 is 4.74 Å². The van der Waals surface area contributed by atoms with Crippen molar-refractivity contribution in [2.24, 2.45) is 13.0 Å². The van der Waals surface area contributed by atoms with Crippen LogP contribution in [0.5, 0.6) is 0 Å². The van der Waals surface area contributed by atoms with Gasteiger partial charge in [0.25, 0.3) is 0 Å². The molecule has 0 bridgehead atoms. The number of benzene rings is 1. The van der Waals surface area contributed by atoms with Gasteiger partial charge in [0.15, 0.2) is 0 Å². The van der Waals surface area contributed by atoms with Gasteiger partial charge in [0.2, 0.25) is 0 Å². The zero-order valence-electron chi connectivity index (χ0n) is 18.1. The van der Waals surface area contributed by atoms with Crippen LogP contribution >= 0.6 is 0 Å². The Bertz CT molecular complexity index is 1400. The van der Waals surface area contributed by atoms with Gasteiger partial charge in [-0.15, -0.1) is 5.10 Å². The quantitative estimate of drug-likeness (QED) is 0.462. The van der Waals surface area contributed by atoms with E-state index in [1.807, 2.05) is 31.0 Å². The molecule has 1 saturated heterocycles. The van der Waals surface area contributed by atoms with Crippen LogP contribution in [-0.2, 0) is 11.8 Å². The van der Waals surface area contributed by atoms with Gasteiger partial charge in [-0.05, 0) is 56.9 Å². The summed E-state index contributed by atoms with van der Waals surface area (Å²) in [5, 5.41) is 10.9. The van der Waals surface area contributed by atoms with E-state index >= 15 is 0 Å². The molecule has 0 saturated carbocycles. The van der Waals surface area contributed by atoms with E-state index in [4.69, 9.17) is 9.72 Å². The van der Waals surface area contributed by atoms with Crippen LogP contribution < -0.4 is 0 Å². The predicted octanol–water partition coefficient (Wildman–Crippen LogP) is 4.76. The molecule has 1 atom stereocenters. The number of rotatable bonds is 3. The summed E-state index contributed by atoms with van der Waals surface area (Å²) in [6, 6.07) is 9.19. The molecule has 1 aromatic carbocycles. The highest BCUT2D eigenvalue weighted by atomic mass is 16.5. The molecule has 0 spiro atoms. The second-order valence-electron chi connectivity index (χ2n) is 8.70. The van der Waals surface area contributed by atoms with E-state index in [1.54, 1.807) is 0 Å². The Kier molecular flexibility index (Phi) is 4.14. The molecule has 0 aliphatic carbocycles. The molecule has 1 N–H and O–H groups in total. The Morgan fingerprint density at radius 3 is 2.77 bits per heavy atom. The van der Waals surface area contributed by atoms with Gasteiger partial charge < -0.3 is 14.3 Å². The SMILES string of the molecule is Cc1nnn(C)c1-c1cnc2c3c4cc[nH]c4ccc3n([C@H](C)C3CCOCC3)c2c1. The second-order valence-corrected chi connectivity index (χ2v) is 8.70. The van der Waals surface area contributed by atoms with Gasteiger partial charge in [-0.3, -0.25) is 4.98 Å². The molecule has 1 aliphatic rings. The number of hydrogen-bond donors (Lipinski definition) is 1. The van der Waals surface area contributed by atoms with Gasteiger partial charge >= 0.3 is 0 Å². The molecule has 5 heterocycles. The molecule has 0 unspecified atom stereocenters. The lowest BCUT2D eigenvalue weighted by Crippen LogP contribution is -2.24. The van der Waals surface area contributed by atoms with Crippen LogP contribution in [0.15, 0.2) is 36.7 Å². The van der Waals surface area contributed by atoms with Gasteiger partial charge in [-0.2, -0.15) is 0 Å². The third-order valence-electron chi connectivity index (χ3n) is 6.96. The Hall–Kier alpha value is -3.19. The first-order valence-electron chi connectivity index (χ1n) is 11.0. The fraction of sp³-hybridized carbons (Fsp3) is 0.375. The van der Waals surface area contributed by atoms with Gasteiger partial charge in [-0.25, -0.2) is 4.68 Å². The Morgan fingerprint density at radius 1 is 1.16 bits per heavy atom. The van der Waals surface area contributed by atoms with E-state index in [0.29, 0.717) is 12.0 Å². The summed E-state index contributed by atoms with van der Waals surface area (Å²) in [7, 11) is 1.93. The standard InChI is InChI=1S/C24H26N6O/c1-14-24(29(3)28-27-14)17-12-21-23(26-13-17)22-18-6-9-25-19(18)4-5-20(22)30(21)15(2)16-7-10-31-11-8-16/h4-6,9,12-13,15-16,25H,7-8,10-11H2,1-3H3/t15-/m1/s1. The zero-order chi connectivity index (χ0) is 21.1. The van der Waals surface area contributed by atoms with Crippen molar-refractivity contribution in [3.63, 3.8) is 0 Å². The number of nitrogens with zero attached hydrogens (tertiary/aromatic N) is 5. The van der Waals surface area contributed by atoms with Crippen LogP contribution in [0, 0.1) is 12.8 Å². The summed E-state index contributed by atoms with van der Waals surface area (Å²) in [6.07, 6.45) is 6.15. The Morgan fingerprint density at radius 2 is 2.00 bits per heavy atom. The van der Waals surface area contributed by atoms with Crippen molar-refractivity contribution in [2.75, 3.05) is 13.2 Å². The fourth-order valence-electron chi connectivity index (χ4n) is 5.36. The van der Waals surface area contributed by atoms with Crippen molar-refractivity contribution in [3.05, 3.63) is 42.4 Å². The van der Waals surface area contributed by atoms with E-state index < -0.39 is 0 Å². The number of aromatic nitrogens is 6. The highest BCUT2D eigenvalue weighted by Gasteiger charge is 2.26. The van der Waals surface area contributed by atoms with Crippen LogP contribution in [0.3, 0.4) is 0 Å². The molecular formula is C24H26N6O. The molecule has 0 radical (unpaired) electrons. The summed E-state index contributed by atoms with van der Waals surface area (Å²) < 4.78 is 9.97. The Labute approximate surface area is 180 Å². The lowest BCUT2D eigenvalue weighted by Gasteiger charge is -2.30. The smallest absolute Gasteiger partial charge is 0.0967 e. The van der Waals surface area contributed by atoms with Crippen molar-refractivity contribution >= 4 is 32.8 Å². The number of aryl methyl sites for hydroxylation is 2. The van der Waals surface area contributed by atoms with Gasteiger partial charge in [0.1, 0.15) is 0 Å². The second kappa shape index (κ2) is 6.92. The van der Waals surface area contributed by atoms with Crippen molar-refractivity contribution in [1.82, 2.24) is 29.5 Å². The van der Waals surface area contributed by atoms with Crippen molar-refractivity contribution in [3.8, 4) is 11.3 Å². The Balaban J connectivity index is 1.66. The molecule has 0 amide bonds. The van der Waals surface area contributed by atoms with E-state index in [2.05, 4.69) is 51.1 Å². The maximum Gasteiger partial charge on any atom is 0.0967 e. The molecule has 7 heteroatoms. The maximum atomic E-state index is 5.64. The highest BCUT2D eigenvalue weighted by Crippen LogP contribution is 2.40. The minimum atomic E-state index is 0.350. The summed E-state index contributed by atoms with van der Waals surface area (Å²) in [6.45, 7) is 6.03. The lowest BCUT2D eigenvalue weighted by atomic mass is 9.92. The largest absolute Gasteiger partial charge is 0.381 e. The number of pyridine rings is 1. The van der Waals surface area contributed by atoms with Crippen LogP contribution in [0.4, 0.5) is 0 Å². The van der Waals surface area contributed by atoms with Gasteiger partial charge in [0, 0.05) is 60.5 Å². The van der Waals surface area contributed by atoms with Crippen molar-refractivity contribution in [2.45, 2.75) is 32.7 Å². The number of fused-ring (bicyclic) bond motifs is 5. The number of hydrogen-bond acceptors (Lipinski definition) is 4. The third kappa shape index (κ3) is 2.73. The molecular weight excluding hydrogens is 388 g/mol. The molecule has 158 valence electrons. The fourth-order valence-corrected chi connectivity index (χ4v) is 5.36. The average Bonchev–Trinajstić information content (AvgIpc) is 3.48. The molecule has 1 fully saturated rings. The van der Waals surface area contributed by atoms with Crippen LogP contribution in [0.1, 0.15) is 31.5 Å². The van der Waals surface area contributed by atoms with E-state index in [1.165, 1.54) is 21.8 Å². The molecule has 31 heavy (non-hydrogen) atoms. The summed E-state index contributed by atoms with van der Waals surface area (Å²) in [5.74, 6) is 0.582. The first-order valence-corrected chi connectivity index (χ1v) is 11.0. The minimum absolute atomic E-state index is 0.350. The molecule has 7 nitrogen and oxygen atoms in total. The molecule has 6 rings (SSSR count). The maximum absolute atomic E-state index is 5.64. The highest BCUT2D eigenvalue weighted by molar-refractivity contribution is 6.19. The van der Waals surface area contributed by atoms with E-state index in [-0.39, 0.29) is 0 Å². The molecule has 4 aromatic heterocycles. The van der Waals surface area contributed by atoms with E-state index in [0.717, 1.165) is 54.0 Å². The summed E-state index contributed by atoms with van der Waals surface area (Å²) >= 11 is 0. The normalized spacial score (nSPS) is 16.6. The topological polar surface area (TPSA) is 73.5 Å². The van der Waals surface area contributed by atoms with Crippen LogP contribution in [0.2, 0.25) is 0 Å². The van der Waals surface area contributed by atoms with Gasteiger partial charge in [-0.1, -0.05) is 5.21 Å². The van der Waals surface area contributed by atoms with E-state index in [9.17, 15) is 0 Å². The molecule has 1 aliphatic heterocycles. The first kappa shape index (κ1) is 18.6. The summed E-state index contributed by atoms with van der Waals surface area (Å²) in [4.78, 5) is 8.35. The first-order chi connectivity index (χ1) is 15.1. The predicted molar refractivity (Wildman–Crippen MR) is 122 cm³/mol. The number of ether oxygens (including phenoxy) is 1. The third-order valence-corrected chi connectivity index (χ3v) is 6.96. The minimum Gasteiger partial charge on any atom is -0.381 e. The van der Waals surface area contributed by atoms with Crippen molar-refractivity contribution in [1.29, 1.82) is 0 Å².